The number of nitro benzene ring substituents is 1. The van der Waals surface area contributed by atoms with Gasteiger partial charge in [0.15, 0.2) is 5.16 Å². The van der Waals surface area contributed by atoms with Crippen LogP contribution in [0.2, 0.25) is 0 Å². The van der Waals surface area contributed by atoms with Crippen LogP contribution >= 0.6 is 11.8 Å². The smallest absolute Gasteiger partial charge is 0.278 e. The Labute approximate surface area is 167 Å². The molecule has 9 heteroatoms. The number of fused-ring (bicyclic) bond motifs is 4. The lowest BCUT2D eigenvalue weighted by atomic mass is 10.2. The van der Waals surface area contributed by atoms with E-state index in [4.69, 9.17) is 4.98 Å². The second kappa shape index (κ2) is 6.70. The fourth-order valence-electron chi connectivity index (χ4n) is 3.77. The van der Waals surface area contributed by atoms with Crippen molar-refractivity contribution >= 4 is 39.4 Å². The van der Waals surface area contributed by atoms with Crippen molar-refractivity contribution in [2.24, 2.45) is 0 Å². The zero-order chi connectivity index (χ0) is 20.1. The van der Waals surface area contributed by atoms with E-state index in [1.807, 2.05) is 4.57 Å². The van der Waals surface area contributed by atoms with Crippen LogP contribution in [-0.4, -0.2) is 24.8 Å². The first kappa shape index (κ1) is 17.9. The number of nitro groups is 1. The van der Waals surface area contributed by atoms with E-state index in [2.05, 4.69) is 0 Å². The molecule has 0 saturated carbocycles. The number of halogens is 1. The third kappa shape index (κ3) is 2.89. The Balaban J connectivity index is 1.76. The molecule has 2 aromatic carbocycles. The molecule has 4 aromatic rings. The molecule has 0 amide bonds. The minimum atomic E-state index is -0.451. The van der Waals surface area contributed by atoms with Crippen molar-refractivity contribution < 1.29 is 9.31 Å². The summed E-state index contributed by atoms with van der Waals surface area (Å²) in [7, 11) is 0. The number of thioether (sulfide) groups is 1. The number of benzene rings is 2. The number of rotatable bonds is 3. The summed E-state index contributed by atoms with van der Waals surface area (Å²) >= 11 is 1.53. The molecule has 5 rings (SSSR count). The predicted octanol–water partition coefficient (Wildman–Crippen LogP) is 3.94. The van der Waals surface area contributed by atoms with Crippen molar-refractivity contribution in [3.8, 4) is 0 Å². The topological polar surface area (TPSA) is 83.0 Å². The monoisotopic (exact) mass is 410 g/mol. The van der Waals surface area contributed by atoms with Gasteiger partial charge in [0.25, 0.3) is 11.2 Å². The molecule has 0 aliphatic carbocycles. The first-order chi connectivity index (χ1) is 14.0. The van der Waals surface area contributed by atoms with Gasteiger partial charge in [0.2, 0.25) is 0 Å². The number of nitrogens with zero attached hydrogens (tertiary/aromatic N) is 4. The van der Waals surface area contributed by atoms with Crippen LogP contribution in [0, 0.1) is 15.9 Å². The standard InChI is InChI=1S/C20H15FN4O3S/c21-13-4-7-16-15(10-13)17-18(19(26)23-8-1-9-29-20(23)22-17)24(16)11-12-2-5-14(6-3-12)25(27)28/h2-7,10H,1,8-9,11H2. The van der Waals surface area contributed by atoms with E-state index in [9.17, 15) is 19.3 Å². The molecule has 0 atom stereocenters. The molecular formula is C20H15FN4O3S. The Hall–Kier alpha value is -3.20. The van der Waals surface area contributed by atoms with Crippen LogP contribution in [0.3, 0.4) is 0 Å². The normalized spacial score (nSPS) is 13.7. The number of hydrogen-bond donors (Lipinski definition) is 0. The fourth-order valence-corrected chi connectivity index (χ4v) is 4.72. The molecule has 146 valence electrons. The van der Waals surface area contributed by atoms with Crippen LogP contribution in [0.25, 0.3) is 21.9 Å². The highest BCUT2D eigenvalue weighted by atomic mass is 32.2. The summed E-state index contributed by atoms with van der Waals surface area (Å²) in [6, 6.07) is 10.6. The molecule has 0 saturated heterocycles. The Bertz CT molecular complexity index is 1340. The maximum Gasteiger partial charge on any atom is 0.278 e. The summed E-state index contributed by atoms with van der Waals surface area (Å²) in [6.07, 6.45) is 0.891. The summed E-state index contributed by atoms with van der Waals surface area (Å²) in [5, 5.41) is 12.2. The van der Waals surface area contributed by atoms with Gasteiger partial charge in [-0.25, -0.2) is 9.37 Å². The van der Waals surface area contributed by atoms with E-state index in [1.165, 1.54) is 36.0 Å². The van der Waals surface area contributed by atoms with Gasteiger partial charge >= 0.3 is 0 Å². The SMILES string of the molecule is O=c1c2c(nc3n1CCCS3)c1cc(F)ccc1n2Cc1ccc([N+](=O)[O-])cc1. The molecule has 0 radical (unpaired) electrons. The molecule has 0 spiro atoms. The molecule has 7 nitrogen and oxygen atoms in total. The quantitative estimate of drug-likeness (QED) is 0.290. The van der Waals surface area contributed by atoms with Crippen molar-refractivity contribution in [2.75, 3.05) is 5.75 Å². The second-order valence-corrected chi connectivity index (χ2v) is 7.98. The van der Waals surface area contributed by atoms with E-state index < -0.39 is 4.92 Å². The molecule has 0 fully saturated rings. The Morgan fingerprint density at radius 1 is 1.21 bits per heavy atom. The average molecular weight is 410 g/mol. The molecule has 0 unspecified atom stereocenters. The van der Waals surface area contributed by atoms with Crippen molar-refractivity contribution in [2.45, 2.75) is 24.7 Å². The van der Waals surface area contributed by atoms with Crippen LogP contribution in [0.15, 0.2) is 52.4 Å². The van der Waals surface area contributed by atoms with Gasteiger partial charge in [-0.1, -0.05) is 23.9 Å². The third-order valence-electron chi connectivity index (χ3n) is 5.13. The van der Waals surface area contributed by atoms with Crippen LogP contribution in [-0.2, 0) is 13.1 Å². The lowest BCUT2D eigenvalue weighted by Crippen LogP contribution is -2.27. The van der Waals surface area contributed by atoms with Crippen molar-refractivity contribution in [3.05, 3.63) is 74.3 Å². The molecule has 2 aromatic heterocycles. The zero-order valence-corrected chi connectivity index (χ0v) is 16.0. The van der Waals surface area contributed by atoms with Crippen molar-refractivity contribution in [1.82, 2.24) is 14.1 Å². The molecule has 1 aliphatic rings. The highest BCUT2D eigenvalue weighted by Crippen LogP contribution is 2.31. The zero-order valence-electron chi connectivity index (χ0n) is 15.2. The summed E-state index contributed by atoms with van der Waals surface area (Å²) < 4.78 is 17.5. The Kier molecular flexibility index (Phi) is 4.13. The van der Waals surface area contributed by atoms with Gasteiger partial charge in [-0.05, 0) is 30.2 Å². The molecular weight excluding hydrogens is 395 g/mol. The molecule has 1 aliphatic heterocycles. The summed E-state index contributed by atoms with van der Waals surface area (Å²) in [4.78, 5) is 28.4. The van der Waals surface area contributed by atoms with E-state index in [0.29, 0.717) is 40.2 Å². The van der Waals surface area contributed by atoms with E-state index in [-0.39, 0.29) is 17.1 Å². The molecule has 0 bridgehead atoms. The lowest BCUT2D eigenvalue weighted by molar-refractivity contribution is -0.384. The largest absolute Gasteiger partial charge is 0.330 e. The number of aromatic nitrogens is 3. The van der Waals surface area contributed by atoms with Crippen molar-refractivity contribution in [3.63, 3.8) is 0 Å². The van der Waals surface area contributed by atoms with Gasteiger partial charge in [-0.15, -0.1) is 0 Å². The van der Waals surface area contributed by atoms with Gasteiger partial charge in [0, 0.05) is 36.4 Å². The number of non-ortho nitro benzene ring substituents is 1. The van der Waals surface area contributed by atoms with E-state index >= 15 is 0 Å². The van der Waals surface area contributed by atoms with Gasteiger partial charge in [-0.2, -0.15) is 0 Å². The minimum Gasteiger partial charge on any atom is -0.330 e. The predicted molar refractivity (Wildman–Crippen MR) is 109 cm³/mol. The van der Waals surface area contributed by atoms with Gasteiger partial charge in [0.05, 0.1) is 10.4 Å². The summed E-state index contributed by atoms with van der Waals surface area (Å²) in [6.45, 7) is 0.935. The summed E-state index contributed by atoms with van der Waals surface area (Å²) in [5.74, 6) is 0.507. The summed E-state index contributed by atoms with van der Waals surface area (Å²) in [5.41, 5.74) is 2.29. The molecule has 0 N–H and O–H groups in total. The number of hydrogen-bond acceptors (Lipinski definition) is 5. The van der Waals surface area contributed by atoms with Gasteiger partial charge in [-0.3, -0.25) is 19.5 Å². The van der Waals surface area contributed by atoms with Crippen LogP contribution in [0.1, 0.15) is 12.0 Å². The highest BCUT2D eigenvalue weighted by molar-refractivity contribution is 7.99. The third-order valence-corrected chi connectivity index (χ3v) is 6.19. The van der Waals surface area contributed by atoms with E-state index in [1.54, 1.807) is 22.8 Å². The van der Waals surface area contributed by atoms with E-state index in [0.717, 1.165) is 17.7 Å². The second-order valence-electron chi connectivity index (χ2n) is 6.92. The lowest BCUT2D eigenvalue weighted by Gasteiger charge is -2.17. The fraction of sp³-hybridized carbons (Fsp3) is 0.200. The Morgan fingerprint density at radius 3 is 2.76 bits per heavy atom. The maximum atomic E-state index is 14.0. The molecule has 3 heterocycles. The average Bonchev–Trinajstić information content (AvgIpc) is 3.01. The first-order valence-corrected chi connectivity index (χ1v) is 10.1. The van der Waals surface area contributed by atoms with Crippen LogP contribution in [0.4, 0.5) is 10.1 Å². The molecule has 29 heavy (non-hydrogen) atoms. The maximum absolute atomic E-state index is 14.0. The van der Waals surface area contributed by atoms with Gasteiger partial charge < -0.3 is 4.57 Å². The minimum absolute atomic E-state index is 0.00544. The van der Waals surface area contributed by atoms with Gasteiger partial charge in [0.1, 0.15) is 16.9 Å². The van der Waals surface area contributed by atoms with Crippen LogP contribution < -0.4 is 5.56 Å². The Morgan fingerprint density at radius 2 is 2.00 bits per heavy atom. The first-order valence-electron chi connectivity index (χ1n) is 9.11. The van der Waals surface area contributed by atoms with Crippen molar-refractivity contribution in [1.29, 1.82) is 0 Å². The van der Waals surface area contributed by atoms with Crippen LogP contribution in [0.5, 0.6) is 0 Å². The highest BCUT2D eigenvalue weighted by Gasteiger charge is 2.22.